The van der Waals surface area contributed by atoms with Crippen LogP contribution in [0.2, 0.25) is 0 Å². The molecule has 8 nitrogen and oxygen atoms in total. The topological polar surface area (TPSA) is 88.5 Å². The van der Waals surface area contributed by atoms with Crippen LogP contribution in [0.25, 0.3) is 16.5 Å². The molecule has 0 atom stereocenters. The van der Waals surface area contributed by atoms with Crippen LogP contribution < -0.4 is 10.6 Å². The van der Waals surface area contributed by atoms with Gasteiger partial charge in [-0.05, 0) is 42.5 Å². The van der Waals surface area contributed by atoms with Crippen LogP contribution in [0, 0.1) is 6.92 Å². The summed E-state index contributed by atoms with van der Waals surface area (Å²) in [6, 6.07) is 23.1. The highest BCUT2D eigenvalue weighted by Gasteiger charge is 2.23. The Morgan fingerprint density at radius 3 is 2.46 bits per heavy atom. The third-order valence-corrected chi connectivity index (χ3v) is 6.42. The SMILES string of the molecule is COCCCN(CC(=O)Nc1cc(C(C)(C)C)nn1-c1cccc(C)c1)C(=O)Nc1cccc2ccccc12. The summed E-state index contributed by atoms with van der Waals surface area (Å²) in [6.45, 7) is 8.98. The van der Waals surface area contributed by atoms with E-state index in [0.717, 1.165) is 27.7 Å². The van der Waals surface area contributed by atoms with Crippen molar-refractivity contribution in [2.75, 3.05) is 37.4 Å². The normalized spacial score (nSPS) is 11.4. The van der Waals surface area contributed by atoms with Gasteiger partial charge in [0, 0.05) is 37.1 Å². The number of methoxy groups -OCH3 is 1. The van der Waals surface area contributed by atoms with Crippen molar-refractivity contribution in [3.63, 3.8) is 0 Å². The Labute approximate surface area is 230 Å². The van der Waals surface area contributed by atoms with Crippen LogP contribution in [-0.4, -0.2) is 53.4 Å². The highest BCUT2D eigenvalue weighted by Crippen LogP contribution is 2.27. The van der Waals surface area contributed by atoms with Crippen molar-refractivity contribution < 1.29 is 14.3 Å². The van der Waals surface area contributed by atoms with Crippen molar-refractivity contribution >= 4 is 34.2 Å². The Hall–Kier alpha value is -4.17. The number of urea groups is 1. The maximum Gasteiger partial charge on any atom is 0.322 e. The van der Waals surface area contributed by atoms with E-state index in [4.69, 9.17) is 9.84 Å². The van der Waals surface area contributed by atoms with Gasteiger partial charge in [-0.15, -0.1) is 0 Å². The summed E-state index contributed by atoms with van der Waals surface area (Å²) in [5.74, 6) is 0.247. The highest BCUT2D eigenvalue weighted by molar-refractivity contribution is 6.03. The zero-order valence-electron chi connectivity index (χ0n) is 23.3. The van der Waals surface area contributed by atoms with Crippen molar-refractivity contribution in [2.24, 2.45) is 0 Å². The first-order valence-corrected chi connectivity index (χ1v) is 13.2. The maximum atomic E-state index is 13.4. The van der Waals surface area contributed by atoms with Crippen LogP contribution in [0.5, 0.6) is 0 Å². The summed E-state index contributed by atoms with van der Waals surface area (Å²) < 4.78 is 6.93. The van der Waals surface area contributed by atoms with Crippen LogP contribution in [0.4, 0.5) is 16.3 Å². The minimum absolute atomic E-state index is 0.121. The molecular formula is C31H37N5O3. The van der Waals surface area contributed by atoms with Gasteiger partial charge in [0.25, 0.3) is 0 Å². The number of hydrogen-bond donors (Lipinski definition) is 2. The lowest BCUT2D eigenvalue weighted by Crippen LogP contribution is -2.41. The second-order valence-corrected chi connectivity index (χ2v) is 10.7. The van der Waals surface area contributed by atoms with Crippen LogP contribution in [0.15, 0.2) is 72.8 Å². The Bertz CT molecular complexity index is 1450. The molecule has 1 heterocycles. The molecule has 3 amide bonds. The number of ether oxygens (including phenoxy) is 1. The molecule has 0 aliphatic carbocycles. The molecule has 0 aliphatic heterocycles. The van der Waals surface area contributed by atoms with Gasteiger partial charge < -0.3 is 20.3 Å². The molecule has 0 bridgehead atoms. The monoisotopic (exact) mass is 527 g/mol. The standard InChI is InChI=1S/C31H37N5O3/c1-22-11-8-14-24(19-22)36-28(20-27(34-36)31(2,3)4)33-29(37)21-35(17-10-18-39-5)30(38)32-26-16-9-13-23-12-6-7-15-25(23)26/h6-9,11-16,19-20H,10,17-18,21H2,1-5H3,(H,32,38)(H,33,37). The van der Waals surface area contributed by atoms with Crippen molar-refractivity contribution in [3.05, 3.63) is 84.1 Å². The number of nitrogens with zero attached hydrogens (tertiary/aromatic N) is 3. The molecule has 0 fully saturated rings. The Morgan fingerprint density at radius 1 is 0.974 bits per heavy atom. The number of aryl methyl sites for hydroxylation is 1. The average molecular weight is 528 g/mol. The van der Waals surface area contributed by atoms with Gasteiger partial charge in [-0.3, -0.25) is 4.79 Å². The van der Waals surface area contributed by atoms with E-state index >= 15 is 0 Å². The number of fused-ring (bicyclic) bond motifs is 1. The molecule has 4 rings (SSSR count). The van der Waals surface area contributed by atoms with E-state index in [1.165, 1.54) is 4.90 Å². The molecule has 0 aliphatic rings. The number of anilines is 2. The third kappa shape index (κ3) is 7.03. The summed E-state index contributed by atoms with van der Waals surface area (Å²) in [4.78, 5) is 28.2. The van der Waals surface area contributed by atoms with Crippen molar-refractivity contribution in [1.29, 1.82) is 0 Å². The second kappa shape index (κ2) is 12.1. The van der Waals surface area contributed by atoms with Crippen LogP contribution in [0.3, 0.4) is 0 Å². The molecular weight excluding hydrogens is 490 g/mol. The molecule has 4 aromatic rings. The molecule has 2 N–H and O–H groups in total. The first-order chi connectivity index (χ1) is 18.7. The van der Waals surface area contributed by atoms with E-state index in [9.17, 15) is 9.59 Å². The van der Waals surface area contributed by atoms with E-state index in [-0.39, 0.29) is 23.9 Å². The molecule has 0 saturated heterocycles. The fraction of sp³-hybridized carbons (Fsp3) is 0.323. The predicted molar refractivity (Wildman–Crippen MR) is 157 cm³/mol. The van der Waals surface area contributed by atoms with Gasteiger partial charge in [0.15, 0.2) is 0 Å². The predicted octanol–water partition coefficient (Wildman–Crippen LogP) is 6.14. The van der Waals surface area contributed by atoms with Crippen LogP contribution in [0.1, 0.15) is 38.4 Å². The van der Waals surface area contributed by atoms with Crippen molar-refractivity contribution in [3.8, 4) is 5.69 Å². The number of nitrogens with one attached hydrogen (secondary N) is 2. The fourth-order valence-corrected chi connectivity index (χ4v) is 4.33. The Kier molecular flexibility index (Phi) is 8.66. The summed E-state index contributed by atoms with van der Waals surface area (Å²) in [6.07, 6.45) is 0.599. The van der Waals surface area contributed by atoms with E-state index in [0.29, 0.717) is 31.1 Å². The Morgan fingerprint density at radius 2 is 1.72 bits per heavy atom. The van der Waals surface area contributed by atoms with Gasteiger partial charge >= 0.3 is 6.03 Å². The quantitative estimate of drug-likeness (QED) is 0.256. The van der Waals surface area contributed by atoms with Crippen LogP contribution >= 0.6 is 0 Å². The smallest absolute Gasteiger partial charge is 0.322 e. The largest absolute Gasteiger partial charge is 0.385 e. The van der Waals surface area contributed by atoms with E-state index in [2.05, 4.69) is 31.4 Å². The van der Waals surface area contributed by atoms with Gasteiger partial charge in [0.05, 0.1) is 17.1 Å². The van der Waals surface area contributed by atoms with Gasteiger partial charge in [-0.2, -0.15) is 5.10 Å². The number of benzene rings is 3. The summed E-state index contributed by atoms with van der Waals surface area (Å²) >= 11 is 0. The molecule has 3 aromatic carbocycles. The second-order valence-electron chi connectivity index (χ2n) is 10.7. The number of aromatic nitrogens is 2. The molecule has 204 valence electrons. The first kappa shape index (κ1) is 27.9. The summed E-state index contributed by atoms with van der Waals surface area (Å²) in [5.41, 5.74) is 3.28. The average Bonchev–Trinajstić information content (AvgIpc) is 3.33. The lowest BCUT2D eigenvalue weighted by molar-refractivity contribution is -0.116. The lowest BCUT2D eigenvalue weighted by atomic mass is 9.92. The van der Waals surface area contributed by atoms with E-state index in [1.807, 2.05) is 79.7 Å². The number of rotatable bonds is 9. The third-order valence-electron chi connectivity index (χ3n) is 6.42. The number of hydrogen-bond acceptors (Lipinski definition) is 4. The van der Waals surface area contributed by atoms with E-state index in [1.54, 1.807) is 11.8 Å². The van der Waals surface area contributed by atoms with Gasteiger partial charge in [0.2, 0.25) is 5.91 Å². The van der Waals surface area contributed by atoms with Gasteiger partial charge in [-0.25, -0.2) is 9.48 Å². The molecule has 0 unspecified atom stereocenters. The number of carbonyl (C=O) groups excluding carboxylic acids is 2. The zero-order valence-corrected chi connectivity index (χ0v) is 23.3. The molecule has 8 heteroatoms. The van der Waals surface area contributed by atoms with E-state index < -0.39 is 0 Å². The highest BCUT2D eigenvalue weighted by atomic mass is 16.5. The minimum atomic E-state index is -0.347. The first-order valence-electron chi connectivity index (χ1n) is 13.2. The molecule has 1 aromatic heterocycles. The number of amides is 3. The van der Waals surface area contributed by atoms with Crippen LogP contribution in [-0.2, 0) is 14.9 Å². The molecule has 0 saturated carbocycles. The number of carbonyl (C=O) groups is 2. The van der Waals surface area contributed by atoms with Crippen molar-refractivity contribution in [1.82, 2.24) is 14.7 Å². The maximum absolute atomic E-state index is 13.4. The Balaban J connectivity index is 1.56. The summed E-state index contributed by atoms with van der Waals surface area (Å²) in [5, 5.41) is 12.8. The van der Waals surface area contributed by atoms with Crippen molar-refractivity contribution in [2.45, 2.75) is 39.5 Å². The zero-order chi connectivity index (χ0) is 28.0. The fourth-order valence-electron chi connectivity index (χ4n) is 4.33. The lowest BCUT2D eigenvalue weighted by Gasteiger charge is -2.23. The van der Waals surface area contributed by atoms with Gasteiger partial charge in [-0.1, -0.05) is 69.3 Å². The molecule has 39 heavy (non-hydrogen) atoms. The molecule has 0 spiro atoms. The summed E-state index contributed by atoms with van der Waals surface area (Å²) in [7, 11) is 1.62. The minimum Gasteiger partial charge on any atom is -0.385 e. The van der Waals surface area contributed by atoms with Gasteiger partial charge in [0.1, 0.15) is 12.4 Å². The molecule has 0 radical (unpaired) electrons.